The van der Waals surface area contributed by atoms with Crippen molar-refractivity contribution in [3.63, 3.8) is 0 Å². The number of hydrogen-bond acceptors (Lipinski definition) is 5. The van der Waals surface area contributed by atoms with E-state index in [0.29, 0.717) is 10.7 Å². The SMILES string of the molecule is C=C(C)C(=O)Nc1nnc(-c2cccnc2)s1. The van der Waals surface area contributed by atoms with Crippen LogP contribution >= 0.6 is 11.3 Å². The Morgan fingerprint density at radius 2 is 2.29 bits per heavy atom. The van der Waals surface area contributed by atoms with Gasteiger partial charge in [0.05, 0.1) is 0 Å². The first-order valence-corrected chi connectivity index (χ1v) is 5.69. The predicted molar refractivity (Wildman–Crippen MR) is 66.6 cm³/mol. The molecular weight excluding hydrogens is 236 g/mol. The second kappa shape index (κ2) is 4.84. The van der Waals surface area contributed by atoms with Crippen LogP contribution in [-0.2, 0) is 4.79 Å². The lowest BCUT2D eigenvalue weighted by molar-refractivity contribution is -0.112. The second-order valence-electron chi connectivity index (χ2n) is 3.39. The molecular formula is C11H10N4OS. The molecule has 0 aliphatic carbocycles. The van der Waals surface area contributed by atoms with Gasteiger partial charge in [-0.25, -0.2) is 0 Å². The van der Waals surface area contributed by atoms with Gasteiger partial charge in [-0.3, -0.25) is 15.1 Å². The van der Waals surface area contributed by atoms with Crippen molar-refractivity contribution in [2.45, 2.75) is 6.92 Å². The minimum atomic E-state index is -0.251. The monoisotopic (exact) mass is 246 g/mol. The minimum absolute atomic E-state index is 0.251. The van der Waals surface area contributed by atoms with E-state index >= 15 is 0 Å². The molecule has 0 spiro atoms. The number of nitrogens with one attached hydrogen (secondary N) is 1. The van der Waals surface area contributed by atoms with E-state index in [9.17, 15) is 4.79 Å². The van der Waals surface area contributed by atoms with Crippen molar-refractivity contribution in [1.29, 1.82) is 0 Å². The van der Waals surface area contributed by atoms with Crippen LogP contribution in [0.3, 0.4) is 0 Å². The van der Waals surface area contributed by atoms with Gasteiger partial charge in [-0.2, -0.15) is 0 Å². The van der Waals surface area contributed by atoms with Crippen molar-refractivity contribution in [3.8, 4) is 10.6 Å². The molecule has 6 heteroatoms. The fourth-order valence-corrected chi connectivity index (χ4v) is 1.81. The smallest absolute Gasteiger partial charge is 0.252 e. The first kappa shape index (κ1) is 11.4. The van der Waals surface area contributed by atoms with Gasteiger partial charge in [0.2, 0.25) is 5.13 Å². The van der Waals surface area contributed by atoms with Crippen LogP contribution in [0.25, 0.3) is 10.6 Å². The van der Waals surface area contributed by atoms with Crippen molar-refractivity contribution in [3.05, 3.63) is 36.7 Å². The third-order valence-corrected chi connectivity index (χ3v) is 2.83. The van der Waals surface area contributed by atoms with Gasteiger partial charge in [0.15, 0.2) is 5.01 Å². The van der Waals surface area contributed by atoms with Gasteiger partial charge < -0.3 is 0 Å². The molecule has 0 aromatic carbocycles. The van der Waals surface area contributed by atoms with Gasteiger partial charge in [-0.15, -0.1) is 10.2 Å². The molecule has 2 rings (SSSR count). The molecule has 0 saturated carbocycles. The van der Waals surface area contributed by atoms with E-state index in [2.05, 4.69) is 27.1 Å². The van der Waals surface area contributed by atoms with Crippen molar-refractivity contribution in [2.24, 2.45) is 0 Å². The number of hydrogen-bond donors (Lipinski definition) is 1. The Kier molecular flexibility index (Phi) is 3.24. The molecule has 0 atom stereocenters. The molecule has 0 fully saturated rings. The highest BCUT2D eigenvalue weighted by molar-refractivity contribution is 7.18. The van der Waals surface area contributed by atoms with Crippen molar-refractivity contribution >= 4 is 22.4 Å². The van der Waals surface area contributed by atoms with Crippen molar-refractivity contribution in [2.75, 3.05) is 5.32 Å². The Hall–Kier alpha value is -2.08. The predicted octanol–water partition coefficient (Wildman–Crippen LogP) is 2.11. The molecule has 2 heterocycles. The van der Waals surface area contributed by atoms with Crippen LogP contribution in [0.4, 0.5) is 5.13 Å². The zero-order chi connectivity index (χ0) is 12.3. The quantitative estimate of drug-likeness (QED) is 0.842. The van der Waals surface area contributed by atoms with Crippen LogP contribution in [0.2, 0.25) is 0 Å². The number of carbonyl (C=O) groups is 1. The maximum atomic E-state index is 11.4. The first-order chi connectivity index (χ1) is 8.16. The topological polar surface area (TPSA) is 67.8 Å². The lowest BCUT2D eigenvalue weighted by Crippen LogP contribution is -2.11. The number of carbonyl (C=O) groups excluding carboxylic acids is 1. The third kappa shape index (κ3) is 2.73. The zero-order valence-electron chi connectivity index (χ0n) is 9.17. The molecule has 17 heavy (non-hydrogen) atoms. The summed E-state index contributed by atoms with van der Waals surface area (Å²) in [6.07, 6.45) is 3.39. The van der Waals surface area contributed by atoms with Crippen molar-refractivity contribution < 1.29 is 4.79 Å². The molecule has 0 saturated heterocycles. The van der Waals surface area contributed by atoms with E-state index in [1.165, 1.54) is 11.3 Å². The van der Waals surface area contributed by atoms with Crippen LogP contribution in [0.1, 0.15) is 6.92 Å². The average Bonchev–Trinajstić information content (AvgIpc) is 2.78. The van der Waals surface area contributed by atoms with Gasteiger partial charge in [0.25, 0.3) is 5.91 Å². The summed E-state index contributed by atoms with van der Waals surface area (Å²) in [5.74, 6) is -0.251. The normalized spacial score (nSPS) is 9.94. The van der Waals surface area contributed by atoms with E-state index in [-0.39, 0.29) is 5.91 Å². The highest BCUT2D eigenvalue weighted by Crippen LogP contribution is 2.25. The highest BCUT2D eigenvalue weighted by Gasteiger charge is 2.09. The summed E-state index contributed by atoms with van der Waals surface area (Å²) >= 11 is 1.30. The van der Waals surface area contributed by atoms with Gasteiger partial charge in [0, 0.05) is 23.5 Å². The van der Waals surface area contributed by atoms with Crippen LogP contribution in [0.15, 0.2) is 36.7 Å². The van der Waals surface area contributed by atoms with E-state index in [1.807, 2.05) is 12.1 Å². The Morgan fingerprint density at radius 1 is 1.47 bits per heavy atom. The van der Waals surface area contributed by atoms with Crippen molar-refractivity contribution in [1.82, 2.24) is 15.2 Å². The number of anilines is 1. The number of rotatable bonds is 3. The summed E-state index contributed by atoms with van der Waals surface area (Å²) in [5, 5.41) is 11.7. The summed E-state index contributed by atoms with van der Waals surface area (Å²) < 4.78 is 0. The Morgan fingerprint density at radius 3 is 2.94 bits per heavy atom. The first-order valence-electron chi connectivity index (χ1n) is 4.87. The summed E-state index contributed by atoms with van der Waals surface area (Å²) in [6.45, 7) is 5.19. The van der Waals surface area contributed by atoms with Gasteiger partial charge >= 0.3 is 0 Å². The minimum Gasteiger partial charge on any atom is -0.297 e. The van der Waals surface area contributed by atoms with E-state index in [4.69, 9.17) is 0 Å². The van der Waals surface area contributed by atoms with E-state index < -0.39 is 0 Å². The molecule has 0 radical (unpaired) electrons. The standard InChI is InChI=1S/C11H10N4OS/c1-7(2)9(16)13-11-15-14-10(17-11)8-4-3-5-12-6-8/h3-6H,1H2,2H3,(H,13,15,16). The molecule has 0 bridgehead atoms. The molecule has 1 N–H and O–H groups in total. The number of pyridine rings is 1. The van der Waals surface area contributed by atoms with Gasteiger partial charge in [-0.05, 0) is 19.1 Å². The summed E-state index contributed by atoms with van der Waals surface area (Å²) in [4.78, 5) is 15.4. The summed E-state index contributed by atoms with van der Waals surface area (Å²) in [5.41, 5.74) is 1.31. The zero-order valence-corrected chi connectivity index (χ0v) is 9.99. The van der Waals surface area contributed by atoms with E-state index in [1.54, 1.807) is 19.3 Å². The fourth-order valence-electron chi connectivity index (χ4n) is 1.08. The molecule has 2 aromatic rings. The van der Waals surface area contributed by atoms with Gasteiger partial charge in [0.1, 0.15) is 0 Å². The van der Waals surface area contributed by atoms with Crippen LogP contribution < -0.4 is 5.32 Å². The Bertz CT molecular complexity index is 550. The number of amides is 1. The molecule has 2 aromatic heterocycles. The highest BCUT2D eigenvalue weighted by atomic mass is 32.1. The number of aromatic nitrogens is 3. The molecule has 0 aliphatic rings. The van der Waals surface area contributed by atoms with Crippen LogP contribution in [0.5, 0.6) is 0 Å². The third-order valence-electron chi connectivity index (χ3n) is 1.94. The molecule has 5 nitrogen and oxygen atoms in total. The average molecular weight is 246 g/mol. The molecule has 0 unspecified atom stereocenters. The molecule has 1 amide bonds. The Balaban J connectivity index is 2.17. The fraction of sp³-hybridized carbons (Fsp3) is 0.0909. The van der Waals surface area contributed by atoms with Crippen LogP contribution in [-0.4, -0.2) is 21.1 Å². The van der Waals surface area contributed by atoms with E-state index in [0.717, 1.165) is 10.6 Å². The Labute approximate surface area is 102 Å². The molecule has 0 aliphatic heterocycles. The summed E-state index contributed by atoms with van der Waals surface area (Å²) in [7, 11) is 0. The lowest BCUT2D eigenvalue weighted by atomic mass is 10.3. The second-order valence-corrected chi connectivity index (χ2v) is 4.37. The molecule has 86 valence electrons. The number of nitrogens with zero attached hydrogens (tertiary/aromatic N) is 3. The summed E-state index contributed by atoms with van der Waals surface area (Å²) in [6, 6.07) is 3.71. The van der Waals surface area contributed by atoms with Crippen LogP contribution in [0, 0.1) is 0 Å². The maximum Gasteiger partial charge on any atom is 0.252 e. The largest absolute Gasteiger partial charge is 0.297 e. The lowest BCUT2D eigenvalue weighted by Gasteiger charge is -1.97. The maximum absolute atomic E-state index is 11.4. The van der Waals surface area contributed by atoms with Gasteiger partial charge in [-0.1, -0.05) is 17.9 Å².